The number of nitrogens with one attached hydrogen (secondary N) is 3. The first kappa shape index (κ1) is 27.3. The molecule has 2 fully saturated rings. The number of benzene rings is 1. The number of fused-ring (bicyclic) bond motifs is 2. The number of amides is 1. The maximum atomic E-state index is 14.4. The number of nitrogens with zero attached hydrogens (tertiary/aromatic N) is 5. The molecule has 5 aromatic rings. The van der Waals surface area contributed by atoms with Crippen molar-refractivity contribution in [2.24, 2.45) is 18.9 Å². The Hall–Kier alpha value is -4.59. The van der Waals surface area contributed by atoms with Crippen LogP contribution >= 0.6 is 11.6 Å². The first-order chi connectivity index (χ1) is 20.7. The Labute approximate surface area is 252 Å². The zero-order valence-corrected chi connectivity index (χ0v) is 24.3. The van der Waals surface area contributed by atoms with Crippen LogP contribution < -0.4 is 10.6 Å². The van der Waals surface area contributed by atoms with Gasteiger partial charge in [-0.2, -0.15) is 10.4 Å². The number of carbonyl (C=O) groups excluding carboxylic acids is 1. The highest BCUT2D eigenvalue weighted by molar-refractivity contribution is 6.33. The fourth-order valence-corrected chi connectivity index (χ4v) is 7.19. The van der Waals surface area contributed by atoms with E-state index < -0.39 is 17.3 Å². The average molecular weight is 595 g/mol. The molecule has 0 radical (unpaired) electrons. The zero-order valence-electron chi connectivity index (χ0n) is 23.5. The minimum absolute atomic E-state index is 0.00663. The van der Waals surface area contributed by atoms with Crippen molar-refractivity contribution < 1.29 is 9.18 Å². The summed E-state index contributed by atoms with van der Waals surface area (Å²) in [6, 6.07) is 12.5. The van der Waals surface area contributed by atoms with Crippen molar-refractivity contribution in [3.8, 4) is 28.5 Å². The van der Waals surface area contributed by atoms with Crippen molar-refractivity contribution in [3.05, 3.63) is 88.8 Å². The second kappa shape index (κ2) is 10.3. The molecule has 9 nitrogen and oxygen atoms in total. The number of pyridine rings is 2. The number of carbonyl (C=O) groups is 1. The molecule has 2 aliphatic rings. The molecule has 1 aliphatic carbocycles. The summed E-state index contributed by atoms with van der Waals surface area (Å²) >= 11 is 6.15. The van der Waals surface area contributed by atoms with Gasteiger partial charge in [-0.15, -0.1) is 0 Å². The molecule has 216 valence electrons. The molecule has 7 rings (SSSR count). The van der Waals surface area contributed by atoms with Crippen LogP contribution in [0.3, 0.4) is 0 Å². The SMILES string of the molecule is Cn1cc(-c2cc3c(-c4ccc(C5NC[C@@H]6C[C@](C)(NC(=O)c7c(F)cccc7Cl)C[C@H]56)nc4)c(C#N)cnc3[nH]2)cn1. The predicted molar refractivity (Wildman–Crippen MR) is 160 cm³/mol. The van der Waals surface area contributed by atoms with E-state index in [1.165, 1.54) is 18.2 Å². The summed E-state index contributed by atoms with van der Waals surface area (Å²) in [5.74, 6) is -0.544. The maximum absolute atomic E-state index is 14.4. The van der Waals surface area contributed by atoms with Gasteiger partial charge in [-0.3, -0.25) is 14.5 Å². The van der Waals surface area contributed by atoms with Gasteiger partial charge in [-0.1, -0.05) is 23.7 Å². The third-order valence-corrected chi connectivity index (χ3v) is 9.14. The molecule has 0 spiro atoms. The molecule has 0 bridgehead atoms. The third-order valence-electron chi connectivity index (χ3n) is 8.83. The second-order valence-electron chi connectivity index (χ2n) is 11.8. The van der Waals surface area contributed by atoms with Gasteiger partial charge in [-0.05, 0) is 62.4 Å². The van der Waals surface area contributed by atoms with E-state index in [2.05, 4.69) is 31.8 Å². The summed E-state index contributed by atoms with van der Waals surface area (Å²) in [4.78, 5) is 25.7. The highest BCUT2D eigenvalue weighted by Gasteiger charge is 2.50. The number of aromatic nitrogens is 5. The van der Waals surface area contributed by atoms with Gasteiger partial charge in [0, 0.05) is 53.3 Å². The van der Waals surface area contributed by atoms with E-state index in [9.17, 15) is 14.4 Å². The Bertz CT molecular complexity index is 1910. The minimum atomic E-state index is -0.630. The third kappa shape index (κ3) is 4.75. The van der Waals surface area contributed by atoms with Crippen LogP contribution in [0.25, 0.3) is 33.4 Å². The summed E-state index contributed by atoms with van der Waals surface area (Å²) in [6.07, 6.45) is 8.59. The molecule has 4 atom stereocenters. The molecule has 11 heteroatoms. The number of hydrogen-bond acceptors (Lipinski definition) is 6. The quantitative estimate of drug-likeness (QED) is 0.245. The molecule has 1 aromatic carbocycles. The fourth-order valence-electron chi connectivity index (χ4n) is 6.94. The Kier molecular flexibility index (Phi) is 6.52. The largest absolute Gasteiger partial charge is 0.347 e. The van der Waals surface area contributed by atoms with Gasteiger partial charge in [0.15, 0.2) is 0 Å². The number of H-pyrrole nitrogens is 1. The number of rotatable bonds is 5. The van der Waals surface area contributed by atoms with Crippen LogP contribution in [0.2, 0.25) is 5.02 Å². The summed E-state index contributed by atoms with van der Waals surface area (Å²) in [7, 11) is 1.86. The molecule has 1 aliphatic heterocycles. The van der Waals surface area contributed by atoms with E-state index >= 15 is 0 Å². The molecule has 5 heterocycles. The van der Waals surface area contributed by atoms with Crippen molar-refractivity contribution in [1.29, 1.82) is 5.26 Å². The number of nitriles is 1. The predicted octanol–water partition coefficient (Wildman–Crippen LogP) is 5.55. The van der Waals surface area contributed by atoms with Crippen LogP contribution in [-0.4, -0.2) is 42.7 Å². The number of hydrogen-bond donors (Lipinski definition) is 3. The van der Waals surface area contributed by atoms with Crippen LogP contribution in [0.5, 0.6) is 0 Å². The van der Waals surface area contributed by atoms with Gasteiger partial charge in [-0.25, -0.2) is 9.37 Å². The Morgan fingerprint density at radius 3 is 2.77 bits per heavy atom. The fraction of sp³-hybridized carbons (Fsp3) is 0.281. The lowest BCUT2D eigenvalue weighted by molar-refractivity contribution is 0.0899. The number of halogens is 2. The van der Waals surface area contributed by atoms with Crippen LogP contribution in [-0.2, 0) is 7.05 Å². The van der Waals surface area contributed by atoms with Gasteiger partial charge in [0.25, 0.3) is 5.91 Å². The highest BCUT2D eigenvalue weighted by Crippen LogP contribution is 2.49. The van der Waals surface area contributed by atoms with Crippen LogP contribution in [0, 0.1) is 29.0 Å². The first-order valence-electron chi connectivity index (χ1n) is 14.1. The van der Waals surface area contributed by atoms with Crippen molar-refractivity contribution in [2.75, 3.05) is 6.54 Å². The first-order valence-corrected chi connectivity index (χ1v) is 14.5. The number of aryl methyl sites for hydroxylation is 1. The van der Waals surface area contributed by atoms with Gasteiger partial charge in [0.2, 0.25) is 0 Å². The van der Waals surface area contributed by atoms with E-state index in [-0.39, 0.29) is 22.5 Å². The lowest BCUT2D eigenvalue weighted by atomic mass is 9.90. The highest BCUT2D eigenvalue weighted by atomic mass is 35.5. The van der Waals surface area contributed by atoms with Crippen LogP contribution in [0.1, 0.15) is 47.4 Å². The van der Waals surface area contributed by atoms with E-state index in [0.717, 1.165) is 52.9 Å². The summed E-state index contributed by atoms with van der Waals surface area (Å²) in [5.41, 5.74) is 4.83. The smallest absolute Gasteiger partial charge is 0.256 e. The van der Waals surface area contributed by atoms with Crippen molar-refractivity contribution in [3.63, 3.8) is 0 Å². The lowest BCUT2D eigenvalue weighted by Gasteiger charge is -2.28. The van der Waals surface area contributed by atoms with Crippen molar-refractivity contribution in [2.45, 2.75) is 31.3 Å². The molecular formula is C32H28ClFN8O. The summed E-state index contributed by atoms with van der Waals surface area (Å²) < 4.78 is 16.1. The molecule has 1 amide bonds. The van der Waals surface area contributed by atoms with Crippen LogP contribution in [0.4, 0.5) is 4.39 Å². The Morgan fingerprint density at radius 1 is 1.19 bits per heavy atom. The van der Waals surface area contributed by atoms with E-state index in [1.54, 1.807) is 17.1 Å². The van der Waals surface area contributed by atoms with Gasteiger partial charge >= 0.3 is 0 Å². The van der Waals surface area contributed by atoms with Crippen molar-refractivity contribution >= 4 is 28.5 Å². The normalized spacial score (nSPS) is 22.9. The number of aromatic amines is 1. The monoisotopic (exact) mass is 594 g/mol. The second-order valence-corrected chi connectivity index (χ2v) is 12.2. The van der Waals surface area contributed by atoms with E-state index in [4.69, 9.17) is 16.6 Å². The summed E-state index contributed by atoms with van der Waals surface area (Å²) in [5, 5.41) is 21.8. The average Bonchev–Trinajstić information content (AvgIpc) is 3.75. The van der Waals surface area contributed by atoms with E-state index in [0.29, 0.717) is 17.1 Å². The molecule has 43 heavy (non-hydrogen) atoms. The standard InChI is InChI=1S/C32H28ClFN8O/c1-32(41-31(43)28-23(33)4-3-5-24(28)34)9-18-13-37-29(22(18)10-32)25-7-6-17(12-36-25)27-19(11-35)14-38-30-21(27)8-26(40-30)20-15-39-42(2)16-20/h3-8,12,14-16,18,22,29,37H,9-10,13H2,1-2H3,(H,38,40)(H,41,43)/t18-,22-,29?,32-/m0/s1. The minimum Gasteiger partial charge on any atom is -0.347 e. The Morgan fingerprint density at radius 2 is 2.05 bits per heavy atom. The molecule has 1 saturated heterocycles. The lowest BCUT2D eigenvalue weighted by Crippen LogP contribution is -2.45. The van der Waals surface area contributed by atoms with Gasteiger partial charge in [0.05, 0.1) is 39.8 Å². The van der Waals surface area contributed by atoms with Gasteiger partial charge < -0.3 is 15.6 Å². The molecule has 1 saturated carbocycles. The summed E-state index contributed by atoms with van der Waals surface area (Å²) in [6.45, 7) is 2.81. The topological polar surface area (TPSA) is 124 Å². The Balaban J connectivity index is 1.14. The molecule has 3 N–H and O–H groups in total. The molecule has 1 unspecified atom stereocenters. The van der Waals surface area contributed by atoms with Crippen LogP contribution in [0.15, 0.2) is 61.2 Å². The molecular weight excluding hydrogens is 567 g/mol. The van der Waals surface area contributed by atoms with Crippen molar-refractivity contribution in [1.82, 2.24) is 35.4 Å². The van der Waals surface area contributed by atoms with Gasteiger partial charge in [0.1, 0.15) is 17.5 Å². The zero-order chi connectivity index (χ0) is 29.9. The maximum Gasteiger partial charge on any atom is 0.256 e. The molecule has 4 aromatic heterocycles. The van der Waals surface area contributed by atoms with E-state index in [1.807, 2.05) is 44.6 Å².